The number of carbonyl (C=O) groups is 1. The number of carbonyl (C=O) groups excluding carboxylic acids is 1. The van der Waals surface area contributed by atoms with Crippen LogP contribution in [0.2, 0.25) is 0 Å². The predicted molar refractivity (Wildman–Crippen MR) is 58.4 cm³/mol. The zero-order chi connectivity index (χ0) is 12.0. The van der Waals surface area contributed by atoms with Crippen molar-refractivity contribution in [2.75, 3.05) is 20.3 Å². The van der Waals surface area contributed by atoms with Crippen molar-refractivity contribution in [2.24, 2.45) is 0 Å². The van der Waals surface area contributed by atoms with Crippen LogP contribution in [-0.2, 0) is 16.0 Å². The molecule has 0 unspecified atom stereocenters. The first kappa shape index (κ1) is 12.3. The van der Waals surface area contributed by atoms with Crippen molar-refractivity contribution < 1.29 is 19.7 Å². The van der Waals surface area contributed by atoms with Crippen LogP contribution in [0.1, 0.15) is 5.56 Å². The van der Waals surface area contributed by atoms with Crippen molar-refractivity contribution in [3.05, 3.63) is 23.8 Å². The van der Waals surface area contributed by atoms with E-state index in [1.807, 2.05) is 0 Å². The Kier molecular flexibility index (Phi) is 4.60. The van der Waals surface area contributed by atoms with E-state index in [4.69, 9.17) is 5.11 Å². The molecule has 0 aliphatic carbocycles. The molecule has 0 aromatic heterocycles. The molecule has 1 rings (SSSR count). The molecule has 0 aliphatic rings. The molecule has 0 aliphatic heterocycles. The molecule has 0 fully saturated rings. The third-order valence-corrected chi connectivity index (χ3v) is 2.05. The molecule has 0 saturated heterocycles. The molecule has 5 nitrogen and oxygen atoms in total. The maximum absolute atomic E-state index is 11.0. The lowest BCUT2D eigenvalue weighted by molar-refractivity contribution is -0.124. The summed E-state index contributed by atoms with van der Waals surface area (Å²) in [6.45, 7) is 0.507. The van der Waals surface area contributed by atoms with Gasteiger partial charge in [0.25, 0.3) is 0 Å². The second-order valence-electron chi connectivity index (χ2n) is 3.36. The summed E-state index contributed by atoms with van der Waals surface area (Å²) in [6, 6.07) is 4.58. The monoisotopic (exact) mass is 225 g/mol. The van der Waals surface area contributed by atoms with Crippen LogP contribution in [0, 0.1) is 0 Å². The van der Waals surface area contributed by atoms with Crippen molar-refractivity contribution in [2.45, 2.75) is 6.42 Å². The SMILES string of the molecule is COCC(=O)NCCc1ccc(O)c(O)c1. The van der Waals surface area contributed by atoms with Gasteiger partial charge in [-0.25, -0.2) is 0 Å². The number of benzene rings is 1. The van der Waals surface area contributed by atoms with Gasteiger partial charge in [0.05, 0.1) is 0 Å². The molecule has 0 atom stereocenters. The Morgan fingerprint density at radius 1 is 1.38 bits per heavy atom. The Bertz CT molecular complexity index is 365. The Labute approximate surface area is 93.7 Å². The highest BCUT2D eigenvalue weighted by Crippen LogP contribution is 2.24. The van der Waals surface area contributed by atoms with E-state index in [0.29, 0.717) is 13.0 Å². The van der Waals surface area contributed by atoms with Crippen molar-refractivity contribution in [3.8, 4) is 11.5 Å². The third kappa shape index (κ3) is 3.78. The van der Waals surface area contributed by atoms with E-state index in [1.54, 1.807) is 6.07 Å². The Morgan fingerprint density at radius 3 is 2.75 bits per heavy atom. The van der Waals surface area contributed by atoms with E-state index >= 15 is 0 Å². The molecule has 1 aromatic rings. The normalized spacial score (nSPS) is 10.1. The highest BCUT2D eigenvalue weighted by atomic mass is 16.5. The standard InChI is InChI=1S/C11H15NO4/c1-16-7-11(15)12-5-4-8-2-3-9(13)10(14)6-8/h2-3,6,13-14H,4-5,7H2,1H3,(H,12,15). The molecular weight excluding hydrogens is 210 g/mol. The van der Waals surface area contributed by atoms with Gasteiger partial charge < -0.3 is 20.3 Å². The van der Waals surface area contributed by atoms with Crippen LogP contribution in [0.15, 0.2) is 18.2 Å². The number of nitrogens with one attached hydrogen (secondary N) is 1. The first-order chi connectivity index (χ1) is 7.63. The van der Waals surface area contributed by atoms with Gasteiger partial charge in [-0.15, -0.1) is 0 Å². The van der Waals surface area contributed by atoms with E-state index in [2.05, 4.69) is 10.1 Å². The van der Waals surface area contributed by atoms with Gasteiger partial charge >= 0.3 is 0 Å². The predicted octanol–water partition coefficient (Wildman–Crippen LogP) is 0.403. The number of ether oxygens (including phenoxy) is 1. The molecule has 0 bridgehead atoms. The molecule has 0 heterocycles. The first-order valence-corrected chi connectivity index (χ1v) is 4.90. The minimum atomic E-state index is -0.175. The van der Waals surface area contributed by atoms with Gasteiger partial charge in [-0.1, -0.05) is 6.07 Å². The quantitative estimate of drug-likeness (QED) is 0.634. The number of hydrogen-bond acceptors (Lipinski definition) is 4. The summed E-state index contributed by atoms with van der Waals surface area (Å²) in [6.07, 6.45) is 0.587. The highest BCUT2D eigenvalue weighted by molar-refractivity contribution is 5.77. The van der Waals surface area contributed by atoms with E-state index in [0.717, 1.165) is 5.56 Å². The summed E-state index contributed by atoms with van der Waals surface area (Å²) in [4.78, 5) is 11.0. The number of methoxy groups -OCH3 is 1. The summed E-state index contributed by atoms with van der Waals surface area (Å²) in [5, 5.41) is 21.0. The van der Waals surface area contributed by atoms with Gasteiger partial charge in [0.1, 0.15) is 6.61 Å². The second kappa shape index (κ2) is 5.97. The fourth-order valence-corrected chi connectivity index (χ4v) is 1.25. The van der Waals surface area contributed by atoms with E-state index in [-0.39, 0.29) is 24.0 Å². The lowest BCUT2D eigenvalue weighted by Crippen LogP contribution is -2.28. The lowest BCUT2D eigenvalue weighted by atomic mass is 10.1. The molecule has 0 radical (unpaired) electrons. The Hall–Kier alpha value is -1.75. The fourth-order valence-electron chi connectivity index (χ4n) is 1.25. The van der Waals surface area contributed by atoms with Crippen molar-refractivity contribution in [1.29, 1.82) is 0 Å². The number of amides is 1. The van der Waals surface area contributed by atoms with Gasteiger partial charge in [-0.3, -0.25) is 4.79 Å². The summed E-state index contributed by atoms with van der Waals surface area (Å²) >= 11 is 0. The van der Waals surface area contributed by atoms with E-state index in [9.17, 15) is 9.90 Å². The van der Waals surface area contributed by atoms with Gasteiger partial charge in [-0.2, -0.15) is 0 Å². The van der Waals surface area contributed by atoms with Gasteiger partial charge in [0, 0.05) is 13.7 Å². The Morgan fingerprint density at radius 2 is 2.12 bits per heavy atom. The van der Waals surface area contributed by atoms with Gasteiger partial charge in [0.2, 0.25) is 5.91 Å². The summed E-state index contributed by atoms with van der Waals surface area (Å²) in [7, 11) is 1.46. The van der Waals surface area contributed by atoms with E-state index in [1.165, 1.54) is 19.2 Å². The zero-order valence-corrected chi connectivity index (χ0v) is 9.06. The molecule has 1 amide bonds. The van der Waals surface area contributed by atoms with Crippen molar-refractivity contribution in [1.82, 2.24) is 5.32 Å². The maximum atomic E-state index is 11.0. The summed E-state index contributed by atoms with van der Waals surface area (Å²) < 4.78 is 4.66. The van der Waals surface area contributed by atoms with Crippen LogP contribution >= 0.6 is 0 Å². The molecule has 88 valence electrons. The fraction of sp³-hybridized carbons (Fsp3) is 0.364. The molecule has 5 heteroatoms. The van der Waals surface area contributed by atoms with E-state index < -0.39 is 0 Å². The number of phenolic OH excluding ortho intramolecular Hbond substituents is 2. The third-order valence-electron chi connectivity index (χ3n) is 2.05. The molecular formula is C11H15NO4. The lowest BCUT2D eigenvalue weighted by Gasteiger charge is -2.05. The minimum Gasteiger partial charge on any atom is -0.504 e. The van der Waals surface area contributed by atoms with Gasteiger partial charge in [-0.05, 0) is 24.1 Å². The average Bonchev–Trinajstić information content (AvgIpc) is 2.24. The van der Waals surface area contributed by atoms with Crippen molar-refractivity contribution in [3.63, 3.8) is 0 Å². The molecule has 16 heavy (non-hydrogen) atoms. The number of phenols is 2. The number of hydrogen-bond donors (Lipinski definition) is 3. The highest BCUT2D eigenvalue weighted by Gasteiger charge is 2.02. The van der Waals surface area contributed by atoms with Crippen LogP contribution in [-0.4, -0.2) is 36.4 Å². The molecule has 0 saturated carbocycles. The topological polar surface area (TPSA) is 78.8 Å². The Balaban J connectivity index is 2.37. The largest absolute Gasteiger partial charge is 0.504 e. The zero-order valence-electron chi connectivity index (χ0n) is 9.06. The molecule has 1 aromatic carbocycles. The minimum absolute atomic E-state index is 0.0425. The van der Waals surface area contributed by atoms with Gasteiger partial charge in [0.15, 0.2) is 11.5 Å². The average molecular weight is 225 g/mol. The van der Waals surface area contributed by atoms with Crippen molar-refractivity contribution >= 4 is 5.91 Å². The van der Waals surface area contributed by atoms with Crippen LogP contribution in [0.4, 0.5) is 0 Å². The number of aromatic hydroxyl groups is 2. The maximum Gasteiger partial charge on any atom is 0.245 e. The second-order valence-corrected chi connectivity index (χ2v) is 3.36. The number of rotatable bonds is 5. The smallest absolute Gasteiger partial charge is 0.245 e. The van der Waals surface area contributed by atoms with Crippen LogP contribution < -0.4 is 5.32 Å². The van der Waals surface area contributed by atoms with Crippen LogP contribution in [0.5, 0.6) is 11.5 Å². The first-order valence-electron chi connectivity index (χ1n) is 4.90. The summed E-state index contributed by atoms with van der Waals surface area (Å²) in [5.74, 6) is -0.474. The molecule has 0 spiro atoms. The summed E-state index contributed by atoms with van der Waals surface area (Å²) in [5.41, 5.74) is 0.841. The van der Waals surface area contributed by atoms with Crippen LogP contribution in [0.25, 0.3) is 0 Å². The molecule has 3 N–H and O–H groups in total. The van der Waals surface area contributed by atoms with Crippen LogP contribution in [0.3, 0.4) is 0 Å².